The molecule has 0 bridgehead atoms. The number of aryl methyl sites for hydroxylation is 2. The van der Waals surface area contributed by atoms with Crippen LogP contribution in [0.25, 0.3) is 0 Å². The van der Waals surface area contributed by atoms with E-state index in [1.807, 2.05) is 6.07 Å². The molecule has 2 aromatic carbocycles. The number of rotatable bonds is 4. The minimum atomic E-state index is -1.20. The maximum atomic E-state index is 13.6. The molecule has 136 valence electrons. The Bertz CT molecular complexity index is 831. The maximum absolute atomic E-state index is 13.6. The lowest BCUT2D eigenvalue weighted by molar-refractivity contribution is -0.123. The fourth-order valence-corrected chi connectivity index (χ4v) is 2.98. The topological polar surface area (TPSA) is 55.4 Å². The van der Waals surface area contributed by atoms with Gasteiger partial charge in [-0.1, -0.05) is 12.1 Å². The molecule has 6 heteroatoms. The zero-order valence-corrected chi connectivity index (χ0v) is 14.4. The van der Waals surface area contributed by atoms with E-state index in [9.17, 15) is 18.4 Å². The normalized spacial score (nSPS) is 14.3. The lowest BCUT2D eigenvalue weighted by Crippen LogP contribution is -2.30. The molecular weight excluding hydrogens is 340 g/mol. The van der Waals surface area contributed by atoms with Crippen LogP contribution >= 0.6 is 0 Å². The summed E-state index contributed by atoms with van der Waals surface area (Å²) in [6.45, 7) is 1.35. The van der Waals surface area contributed by atoms with Gasteiger partial charge in [0.05, 0.1) is 5.56 Å². The molecule has 0 fully saturated rings. The summed E-state index contributed by atoms with van der Waals surface area (Å²) >= 11 is 0. The molecule has 1 N–H and O–H groups in total. The van der Waals surface area contributed by atoms with Crippen molar-refractivity contribution in [2.45, 2.75) is 38.7 Å². The third kappa shape index (κ3) is 3.90. The Morgan fingerprint density at radius 1 is 1.04 bits per heavy atom. The Morgan fingerprint density at radius 2 is 1.69 bits per heavy atom. The van der Waals surface area contributed by atoms with Crippen LogP contribution in [-0.2, 0) is 22.4 Å². The van der Waals surface area contributed by atoms with Gasteiger partial charge in [0.2, 0.25) is 0 Å². The molecule has 3 rings (SSSR count). The summed E-state index contributed by atoms with van der Waals surface area (Å²) in [5, 5.41) is 2.12. The van der Waals surface area contributed by atoms with Crippen LogP contribution in [0.4, 0.5) is 14.5 Å². The van der Waals surface area contributed by atoms with E-state index in [0.717, 1.165) is 43.4 Å². The van der Waals surface area contributed by atoms with Gasteiger partial charge >= 0.3 is 5.97 Å². The Balaban J connectivity index is 1.66. The molecule has 2 aromatic rings. The Kier molecular flexibility index (Phi) is 5.30. The molecule has 0 unspecified atom stereocenters. The average molecular weight is 359 g/mol. The molecule has 0 saturated heterocycles. The van der Waals surface area contributed by atoms with E-state index < -0.39 is 35.3 Å². The van der Waals surface area contributed by atoms with E-state index in [1.165, 1.54) is 18.6 Å². The minimum absolute atomic E-state index is 0.363. The van der Waals surface area contributed by atoms with Crippen LogP contribution in [0, 0.1) is 11.6 Å². The molecule has 4 nitrogen and oxygen atoms in total. The predicted octanol–water partition coefficient (Wildman–Crippen LogP) is 4.03. The van der Waals surface area contributed by atoms with Crippen molar-refractivity contribution in [1.29, 1.82) is 0 Å². The fourth-order valence-electron chi connectivity index (χ4n) is 2.98. The van der Waals surface area contributed by atoms with Gasteiger partial charge in [-0.2, -0.15) is 0 Å². The van der Waals surface area contributed by atoms with Crippen molar-refractivity contribution < 1.29 is 23.1 Å². The number of amides is 1. The number of carbonyl (C=O) groups excluding carboxylic acids is 2. The van der Waals surface area contributed by atoms with Gasteiger partial charge < -0.3 is 10.1 Å². The van der Waals surface area contributed by atoms with E-state index in [0.29, 0.717) is 5.56 Å². The first-order valence-corrected chi connectivity index (χ1v) is 8.53. The molecule has 0 heterocycles. The van der Waals surface area contributed by atoms with Crippen LogP contribution in [0.3, 0.4) is 0 Å². The lowest BCUT2D eigenvalue weighted by atomic mass is 9.90. The quantitative estimate of drug-likeness (QED) is 0.839. The SMILES string of the molecule is C[C@@H](OC(=O)c1ccc2c(c1)CCCC2)C(=O)Nc1c(F)cccc1F. The standard InChI is InChI=1S/C20H19F2NO3/c1-12(19(24)23-18-16(21)7-4-8-17(18)22)26-20(25)15-10-9-13-5-2-3-6-14(13)11-15/h4,7-12H,2-3,5-6H2,1H3,(H,23,24)/t12-/m1/s1. The monoisotopic (exact) mass is 359 g/mol. The van der Waals surface area contributed by atoms with Gasteiger partial charge in [-0.15, -0.1) is 0 Å². The summed E-state index contributed by atoms with van der Waals surface area (Å²) in [5.74, 6) is -3.24. The van der Waals surface area contributed by atoms with Gasteiger partial charge in [-0.3, -0.25) is 4.79 Å². The minimum Gasteiger partial charge on any atom is -0.449 e. The van der Waals surface area contributed by atoms with E-state index in [1.54, 1.807) is 12.1 Å². The van der Waals surface area contributed by atoms with Gasteiger partial charge in [-0.05, 0) is 68.0 Å². The Labute approximate surface area is 150 Å². The molecule has 26 heavy (non-hydrogen) atoms. The number of hydrogen-bond donors (Lipinski definition) is 1. The van der Waals surface area contributed by atoms with Gasteiger partial charge in [-0.25, -0.2) is 13.6 Å². The number of benzene rings is 2. The number of fused-ring (bicyclic) bond motifs is 1. The van der Waals surface area contributed by atoms with Crippen LogP contribution in [0.5, 0.6) is 0 Å². The van der Waals surface area contributed by atoms with Gasteiger partial charge in [0.15, 0.2) is 6.10 Å². The number of carbonyl (C=O) groups is 2. The highest BCUT2D eigenvalue weighted by molar-refractivity contribution is 5.97. The van der Waals surface area contributed by atoms with Crippen molar-refractivity contribution in [3.05, 3.63) is 64.7 Å². The van der Waals surface area contributed by atoms with Crippen molar-refractivity contribution in [3.8, 4) is 0 Å². The lowest BCUT2D eigenvalue weighted by Gasteiger charge is -2.17. The number of halogens is 2. The number of hydrogen-bond acceptors (Lipinski definition) is 3. The number of para-hydroxylation sites is 1. The van der Waals surface area contributed by atoms with Crippen LogP contribution in [0.1, 0.15) is 41.3 Å². The first-order valence-electron chi connectivity index (χ1n) is 8.53. The molecule has 0 saturated carbocycles. The second-order valence-corrected chi connectivity index (χ2v) is 6.32. The molecule has 0 radical (unpaired) electrons. The van der Waals surface area contributed by atoms with Crippen molar-refractivity contribution >= 4 is 17.6 Å². The van der Waals surface area contributed by atoms with Crippen LogP contribution in [0.2, 0.25) is 0 Å². The number of esters is 1. The van der Waals surface area contributed by atoms with E-state index in [4.69, 9.17) is 4.74 Å². The van der Waals surface area contributed by atoms with Crippen LogP contribution < -0.4 is 5.32 Å². The number of ether oxygens (including phenoxy) is 1. The van der Waals surface area contributed by atoms with Crippen molar-refractivity contribution in [3.63, 3.8) is 0 Å². The largest absolute Gasteiger partial charge is 0.449 e. The Morgan fingerprint density at radius 3 is 2.38 bits per heavy atom. The second kappa shape index (κ2) is 7.64. The molecule has 0 aliphatic heterocycles. The molecule has 1 amide bonds. The second-order valence-electron chi connectivity index (χ2n) is 6.32. The first-order chi connectivity index (χ1) is 12.5. The van der Waals surface area contributed by atoms with Crippen LogP contribution in [0.15, 0.2) is 36.4 Å². The summed E-state index contributed by atoms with van der Waals surface area (Å²) in [6.07, 6.45) is 2.94. The third-order valence-electron chi connectivity index (χ3n) is 4.45. The molecule has 0 spiro atoms. The summed E-state index contributed by atoms with van der Waals surface area (Å²) in [5.41, 5.74) is 2.15. The van der Waals surface area contributed by atoms with E-state index >= 15 is 0 Å². The highest BCUT2D eigenvalue weighted by atomic mass is 19.1. The first kappa shape index (κ1) is 18.0. The zero-order chi connectivity index (χ0) is 18.7. The van der Waals surface area contributed by atoms with E-state index in [2.05, 4.69) is 5.32 Å². The van der Waals surface area contributed by atoms with Gasteiger partial charge in [0.25, 0.3) is 5.91 Å². The Hall–Kier alpha value is -2.76. The molecule has 1 aliphatic rings. The summed E-state index contributed by atoms with van der Waals surface area (Å²) in [7, 11) is 0. The van der Waals surface area contributed by atoms with Gasteiger partial charge in [0, 0.05) is 0 Å². The van der Waals surface area contributed by atoms with E-state index in [-0.39, 0.29) is 0 Å². The average Bonchev–Trinajstić information content (AvgIpc) is 2.64. The van der Waals surface area contributed by atoms with Crippen molar-refractivity contribution in [1.82, 2.24) is 0 Å². The smallest absolute Gasteiger partial charge is 0.338 e. The van der Waals surface area contributed by atoms with Crippen molar-refractivity contribution in [2.24, 2.45) is 0 Å². The number of anilines is 1. The predicted molar refractivity (Wildman–Crippen MR) is 92.9 cm³/mol. The highest BCUT2D eigenvalue weighted by Gasteiger charge is 2.22. The summed E-state index contributed by atoms with van der Waals surface area (Å²) in [4.78, 5) is 24.4. The maximum Gasteiger partial charge on any atom is 0.338 e. The highest BCUT2D eigenvalue weighted by Crippen LogP contribution is 2.23. The van der Waals surface area contributed by atoms with Crippen LogP contribution in [-0.4, -0.2) is 18.0 Å². The van der Waals surface area contributed by atoms with Crippen molar-refractivity contribution in [2.75, 3.05) is 5.32 Å². The summed E-state index contributed by atoms with van der Waals surface area (Å²) < 4.78 is 32.3. The molecule has 1 atom stereocenters. The van der Waals surface area contributed by atoms with Gasteiger partial charge in [0.1, 0.15) is 17.3 Å². The number of nitrogens with one attached hydrogen (secondary N) is 1. The zero-order valence-electron chi connectivity index (χ0n) is 14.4. The summed E-state index contributed by atoms with van der Waals surface area (Å²) in [6, 6.07) is 8.63. The third-order valence-corrected chi connectivity index (χ3v) is 4.45. The molecule has 0 aromatic heterocycles. The fraction of sp³-hybridized carbons (Fsp3) is 0.300. The molecular formula is C20H19F2NO3. The molecule has 1 aliphatic carbocycles.